The number of hydrogen-bond acceptors (Lipinski definition) is 5. The lowest BCUT2D eigenvalue weighted by molar-refractivity contribution is -0.127. The summed E-state index contributed by atoms with van der Waals surface area (Å²) in [5.74, 6) is 0.716. The molecule has 2 amide bonds. The molecule has 2 N–H and O–H groups in total. The molecule has 3 heterocycles. The van der Waals surface area contributed by atoms with Crippen molar-refractivity contribution in [3.8, 4) is 0 Å². The zero-order valence-corrected chi connectivity index (χ0v) is 18.1. The van der Waals surface area contributed by atoms with Crippen molar-refractivity contribution >= 4 is 45.9 Å². The molecule has 162 valence electrons. The van der Waals surface area contributed by atoms with Gasteiger partial charge < -0.3 is 19.7 Å². The molecule has 9 heteroatoms. The van der Waals surface area contributed by atoms with Crippen LogP contribution in [0.3, 0.4) is 0 Å². The van der Waals surface area contributed by atoms with Crippen LogP contribution < -0.4 is 5.32 Å². The zero-order chi connectivity index (χ0) is 22.0. The number of fused-ring (bicyclic) bond motifs is 1. The van der Waals surface area contributed by atoms with Crippen LogP contribution in [-0.2, 0) is 9.59 Å². The lowest BCUT2D eigenvalue weighted by Gasteiger charge is -2.27. The number of thioether (sulfide) groups is 1. The second-order valence-corrected chi connectivity index (χ2v) is 8.81. The molecule has 1 unspecified atom stereocenters. The largest absolute Gasteiger partial charge is 0.360 e. The standard InChI is InChI=1S/C22H23FN4O3S/c1-13-9-20(26-30-13)25-22(29)14(2)31-12-21(28)27-7-5-15(6-8-27)18-11-24-19-10-16(23)3-4-17(18)19/h3-5,9-11,14,24H,6-8,12H2,1-2H3,(H,25,26,29). The second kappa shape index (κ2) is 8.97. The van der Waals surface area contributed by atoms with Gasteiger partial charge in [0.15, 0.2) is 5.82 Å². The lowest BCUT2D eigenvalue weighted by atomic mass is 9.99. The van der Waals surface area contributed by atoms with Crippen molar-refractivity contribution in [3.63, 3.8) is 0 Å². The summed E-state index contributed by atoms with van der Waals surface area (Å²) in [6, 6.07) is 6.36. The molecule has 1 aromatic carbocycles. The van der Waals surface area contributed by atoms with Crippen molar-refractivity contribution < 1.29 is 18.5 Å². The molecule has 0 saturated carbocycles. The number of H-pyrrole nitrogens is 1. The van der Waals surface area contributed by atoms with Crippen molar-refractivity contribution in [2.75, 3.05) is 24.2 Å². The van der Waals surface area contributed by atoms with E-state index in [4.69, 9.17) is 4.52 Å². The smallest absolute Gasteiger partial charge is 0.238 e. The molecule has 7 nitrogen and oxygen atoms in total. The number of amides is 2. The molecule has 0 aliphatic carbocycles. The quantitative estimate of drug-likeness (QED) is 0.603. The molecule has 0 radical (unpaired) electrons. The number of carbonyl (C=O) groups is 2. The Labute approximate surface area is 183 Å². The van der Waals surface area contributed by atoms with Crippen LogP contribution in [0, 0.1) is 12.7 Å². The van der Waals surface area contributed by atoms with Gasteiger partial charge in [-0.2, -0.15) is 0 Å². The van der Waals surface area contributed by atoms with Crippen molar-refractivity contribution in [1.29, 1.82) is 0 Å². The minimum Gasteiger partial charge on any atom is -0.360 e. The number of aryl methyl sites for hydroxylation is 1. The third-order valence-corrected chi connectivity index (χ3v) is 6.38. The SMILES string of the molecule is Cc1cc(NC(=O)C(C)SCC(=O)N2CC=C(c3c[nH]c4cc(F)ccc34)CC2)no1. The van der Waals surface area contributed by atoms with Gasteiger partial charge in [0.2, 0.25) is 11.8 Å². The number of aromatic nitrogens is 2. The number of hydrogen-bond donors (Lipinski definition) is 2. The van der Waals surface area contributed by atoms with Gasteiger partial charge >= 0.3 is 0 Å². The van der Waals surface area contributed by atoms with Crippen molar-refractivity contribution in [3.05, 3.63) is 53.7 Å². The molecule has 0 bridgehead atoms. The molecule has 0 saturated heterocycles. The van der Waals surface area contributed by atoms with Crippen LogP contribution in [0.1, 0.15) is 24.7 Å². The van der Waals surface area contributed by atoms with Crippen molar-refractivity contribution in [2.24, 2.45) is 0 Å². The fraction of sp³-hybridized carbons (Fsp3) is 0.318. The van der Waals surface area contributed by atoms with E-state index in [2.05, 4.69) is 15.5 Å². The average Bonchev–Trinajstić information content (AvgIpc) is 3.37. The molecule has 1 aliphatic rings. The number of carbonyl (C=O) groups excluding carboxylic acids is 2. The number of halogens is 1. The number of rotatable bonds is 6. The Hall–Kier alpha value is -3.07. The average molecular weight is 443 g/mol. The summed E-state index contributed by atoms with van der Waals surface area (Å²) in [5, 5.41) is 7.00. The van der Waals surface area contributed by atoms with Gasteiger partial charge in [-0.05, 0) is 44.0 Å². The number of aromatic amines is 1. The third-order valence-electron chi connectivity index (χ3n) is 5.26. The number of nitrogens with zero attached hydrogens (tertiary/aromatic N) is 2. The zero-order valence-electron chi connectivity index (χ0n) is 17.3. The lowest BCUT2D eigenvalue weighted by Crippen LogP contribution is -2.36. The molecule has 1 aliphatic heterocycles. The Morgan fingerprint density at radius 3 is 2.94 bits per heavy atom. The van der Waals surface area contributed by atoms with Gasteiger partial charge in [0, 0.05) is 41.8 Å². The molecule has 2 aromatic heterocycles. The maximum atomic E-state index is 13.4. The highest BCUT2D eigenvalue weighted by Gasteiger charge is 2.22. The fourth-order valence-corrected chi connectivity index (χ4v) is 4.31. The topological polar surface area (TPSA) is 91.2 Å². The van der Waals surface area contributed by atoms with Crippen LogP contribution in [0.15, 0.2) is 41.1 Å². The minimum absolute atomic E-state index is 0.00164. The van der Waals surface area contributed by atoms with Crippen LogP contribution in [0.4, 0.5) is 10.2 Å². The van der Waals surface area contributed by atoms with E-state index < -0.39 is 5.25 Å². The molecule has 0 fully saturated rings. The van der Waals surface area contributed by atoms with Gasteiger partial charge in [-0.3, -0.25) is 9.59 Å². The number of nitrogens with one attached hydrogen (secondary N) is 2. The Morgan fingerprint density at radius 1 is 1.39 bits per heavy atom. The highest BCUT2D eigenvalue weighted by Crippen LogP contribution is 2.30. The summed E-state index contributed by atoms with van der Waals surface area (Å²) in [4.78, 5) is 29.7. The number of benzene rings is 1. The van der Waals surface area contributed by atoms with Crippen molar-refractivity contribution in [1.82, 2.24) is 15.0 Å². The first-order valence-corrected chi connectivity index (χ1v) is 11.0. The van der Waals surface area contributed by atoms with Crippen molar-refractivity contribution in [2.45, 2.75) is 25.5 Å². The van der Waals surface area contributed by atoms with Crippen LogP contribution >= 0.6 is 11.8 Å². The molecule has 1 atom stereocenters. The van der Waals surface area contributed by atoms with Gasteiger partial charge in [0.1, 0.15) is 11.6 Å². The highest BCUT2D eigenvalue weighted by molar-refractivity contribution is 8.01. The van der Waals surface area contributed by atoms with E-state index in [0.29, 0.717) is 24.7 Å². The summed E-state index contributed by atoms with van der Waals surface area (Å²) in [6.07, 6.45) is 4.66. The van der Waals surface area contributed by atoms with Gasteiger partial charge in [-0.25, -0.2) is 4.39 Å². The molecular weight excluding hydrogens is 419 g/mol. The first-order chi connectivity index (χ1) is 14.9. The van der Waals surface area contributed by atoms with Crippen LogP contribution in [0.5, 0.6) is 0 Å². The normalized spacial score (nSPS) is 15.1. The van der Waals surface area contributed by atoms with Gasteiger partial charge in [0.25, 0.3) is 0 Å². The van der Waals surface area contributed by atoms with E-state index in [0.717, 1.165) is 28.5 Å². The molecule has 31 heavy (non-hydrogen) atoms. The van der Waals surface area contributed by atoms with E-state index in [9.17, 15) is 14.0 Å². The summed E-state index contributed by atoms with van der Waals surface area (Å²) in [6.45, 7) is 4.63. The summed E-state index contributed by atoms with van der Waals surface area (Å²) in [5.41, 5.74) is 2.95. The first-order valence-electron chi connectivity index (χ1n) is 10.0. The Balaban J connectivity index is 1.30. The van der Waals surface area contributed by atoms with Crippen LogP contribution in [-0.4, -0.2) is 50.9 Å². The molecular formula is C22H23FN4O3S. The third kappa shape index (κ3) is 4.82. The summed E-state index contributed by atoms with van der Waals surface area (Å²) >= 11 is 1.29. The predicted octanol–water partition coefficient (Wildman–Crippen LogP) is 3.98. The molecule has 0 spiro atoms. The van der Waals surface area contributed by atoms with E-state index in [-0.39, 0.29) is 23.4 Å². The van der Waals surface area contributed by atoms with Crippen LogP contribution in [0.2, 0.25) is 0 Å². The van der Waals surface area contributed by atoms with E-state index in [1.54, 1.807) is 30.9 Å². The molecule has 4 rings (SSSR count). The Morgan fingerprint density at radius 2 is 2.23 bits per heavy atom. The predicted molar refractivity (Wildman–Crippen MR) is 119 cm³/mol. The maximum absolute atomic E-state index is 13.4. The Bertz CT molecular complexity index is 1150. The highest BCUT2D eigenvalue weighted by atomic mass is 32.2. The summed E-state index contributed by atoms with van der Waals surface area (Å²) in [7, 11) is 0. The number of anilines is 1. The minimum atomic E-state index is -0.400. The molecule has 3 aromatic rings. The van der Waals surface area contributed by atoms with Gasteiger partial charge in [0.05, 0.1) is 11.0 Å². The maximum Gasteiger partial charge on any atom is 0.238 e. The second-order valence-electron chi connectivity index (χ2n) is 7.48. The Kier molecular flexibility index (Phi) is 6.13. The monoisotopic (exact) mass is 442 g/mol. The van der Waals surface area contributed by atoms with E-state index >= 15 is 0 Å². The summed E-state index contributed by atoms with van der Waals surface area (Å²) < 4.78 is 18.3. The first kappa shape index (κ1) is 21.2. The van der Waals surface area contributed by atoms with E-state index in [1.807, 2.05) is 12.3 Å². The van der Waals surface area contributed by atoms with Gasteiger partial charge in [-0.1, -0.05) is 11.2 Å². The van der Waals surface area contributed by atoms with Gasteiger partial charge in [-0.15, -0.1) is 11.8 Å². The van der Waals surface area contributed by atoms with E-state index in [1.165, 1.54) is 23.9 Å². The van der Waals surface area contributed by atoms with Crippen LogP contribution in [0.25, 0.3) is 16.5 Å². The fourth-order valence-electron chi connectivity index (χ4n) is 3.52.